The SMILES string of the molecule is CCNC(=NCC1(c2cccc(C(F)(F)F)c2)CCC1)N1CC[C@@H](O)C1.I. The Bertz CT molecular complexity index is 662. The normalized spacial score (nSPS) is 22.2. The minimum atomic E-state index is -4.33. The molecule has 0 bridgehead atoms. The van der Waals surface area contributed by atoms with Crippen LogP contribution in [0.15, 0.2) is 29.3 Å². The first-order valence-electron chi connectivity index (χ1n) is 9.23. The number of alkyl halides is 3. The number of benzene rings is 1. The highest BCUT2D eigenvalue weighted by Gasteiger charge is 2.40. The second-order valence-electron chi connectivity index (χ2n) is 7.27. The largest absolute Gasteiger partial charge is 0.416 e. The number of nitrogens with zero attached hydrogens (tertiary/aromatic N) is 2. The second kappa shape index (κ2) is 8.98. The molecule has 2 aliphatic rings. The highest BCUT2D eigenvalue weighted by molar-refractivity contribution is 14.0. The Morgan fingerprint density at radius 3 is 2.63 bits per heavy atom. The maximum absolute atomic E-state index is 13.1. The molecule has 2 N–H and O–H groups in total. The van der Waals surface area contributed by atoms with Crippen molar-refractivity contribution < 1.29 is 18.3 Å². The molecule has 152 valence electrons. The topological polar surface area (TPSA) is 47.9 Å². The molecule has 4 nitrogen and oxygen atoms in total. The molecule has 0 unspecified atom stereocenters. The van der Waals surface area contributed by atoms with Crippen molar-refractivity contribution >= 4 is 29.9 Å². The summed E-state index contributed by atoms with van der Waals surface area (Å²) < 4.78 is 39.2. The number of aliphatic hydroxyl groups is 1. The third kappa shape index (κ3) is 5.07. The van der Waals surface area contributed by atoms with Gasteiger partial charge in [-0.3, -0.25) is 4.99 Å². The molecule has 0 spiro atoms. The lowest BCUT2D eigenvalue weighted by Gasteiger charge is -2.42. The van der Waals surface area contributed by atoms with E-state index >= 15 is 0 Å². The van der Waals surface area contributed by atoms with E-state index in [1.165, 1.54) is 12.1 Å². The van der Waals surface area contributed by atoms with Crippen molar-refractivity contribution in [2.24, 2.45) is 4.99 Å². The Kier molecular flexibility index (Phi) is 7.40. The number of aliphatic hydroxyl groups excluding tert-OH is 1. The molecule has 1 saturated heterocycles. The summed E-state index contributed by atoms with van der Waals surface area (Å²) in [4.78, 5) is 6.75. The molecule has 1 heterocycles. The average Bonchev–Trinajstić information content (AvgIpc) is 2.99. The quantitative estimate of drug-likeness (QED) is 0.379. The number of rotatable bonds is 4. The number of hydrogen-bond acceptors (Lipinski definition) is 2. The summed E-state index contributed by atoms with van der Waals surface area (Å²) in [5.74, 6) is 0.738. The van der Waals surface area contributed by atoms with E-state index in [2.05, 4.69) is 5.32 Å². The number of nitrogens with one attached hydrogen (secondary N) is 1. The third-order valence-corrected chi connectivity index (χ3v) is 5.44. The summed E-state index contributed by atoms with van der Waals surface area (Å²) in [6.07, 6.45) is -1.27. The lowest BCUT2D eigenvalue weighted by molar-refractivity contribution is -0.137. The first-order chi connectivity index (χ1) is 12.3. The van der Waals surface area contributed by atoms with E-state index in [0.29, 0.717) is 26.1 Å². The van der Waals surface area contributed by atoms with E-state index < -0.39 is 11.7 Å². The monoisotopic (exact) mass is 497 g/mol. The zero-order chi connectivity index (χ0) is 18.8. The van der Waals surface area contributed by atoms with Crippen LogP contribution < -0.4 is 5.32 Å². The van der Waals surface area contributed by atoms with Gasteiger partial charge in [-0.15, -0.1) is 24.0 Å². The lowest BCUT2D eigenvalue weighted by Crippen LogP contribution is -2.43. The molecular weight excluding hydrogens is 470 g/mol. The van der Waals surface area contributed by atoms with E-state index in [0.717, 1.165) is 43.4 Å². The van der Waals surface area contributed by atoms with E-state index in [-0.39, 0.29) is 35.5 Å². The number of aliphatic imine (C=N–C) groups is 1. The van der Waals surface area contributed by atoms with Crippen molar-refractivity contribution in [2.45, 2.75) is 50.3 Å². The standard InChI is InChI=1S/C19H26F3N3O.HI/c1-2-23-17(25-10-7-16(26)12-25)24-13-18(8-4-9-18)14-5-3-6-15(11-14)19(20,21)22;/h3,5-6,11,16,26H,2,4,7-10,12-13H2,1H3,(H,23,24);1H/t16-;/m1./s1. The van der Waals surface area contributed by atoms with Crippen LogP contribution in [0.25, 0.3) is 0 Å². The van der Waals surface area contributed by atoms with Gasteiger partial charge in [-0.1, -0.05) is 24.6 Å². The first kappa shape index (κ1) is 22.3. The molecule has 3 rings (SSSR count). The molecular formula is C19H27F3IN3O. The maximum atomic E-state index is 13.1. The Morgan fingerprint density at radius 2 is 2.11 bits per heavy atom. The number of β-amino-alcohol motifs (C(OH)–C–C–N with tert-alkyl or cyclic N) is 1. The molecule has 1 aromatic rings. The van der Waals surface area contributed by atoms with Gasteiger partial charge in [-0.05, 0) is 37.8 Å². The van der Waals surface area contributed by atoms with Gasteiger partial charge in [0.2, 0.25) is 0 Å². The van der Waals surface area contributed by atoms with Crippen LogP contribution in [0.1, 0.15) is 43.7 Å². The van der Waals surface area contributed by atoms with Gasteiger partial charge in [0.05, 0.1) is 18.2 Å². The van der Waals surface area contributed by atoms with Crippen molar-refractivity contribution in [2.75, 3.05) is 26.2 Å². The molecule has 8 heteroatoms. The molecule has 1 aliphatic heterocycles. The zero-order valence-electron chi connectivity index (χ0n) is 15.4. The maximum Gasteiger partial charge on any atom is 0.416 e. The van der Waals surface area contributed by atoms with Crippen LogP contribution >= 0.6 is 24.0 Å². The van der Waals surface area contributed by atoms with E-state index in [1.54, 1.807) is 6.07 Å². The lowest BCUT2D eigenvalue weighted by atomic mass is 9.64. The number of guanidine groups is 1. The van der Waals surface area contributed by atoms with Crippen molar-refractivity contribution in [3.63, 3.8) is 0 Å². The summed E-state index contributed by atoms with van der Waals surface area (Å²) in [6.45, 7) is 4.44. The fraction of sp³-hybridized carbons (Fsp3) is 0.632. The van der Waals surface area contributed by atoms with Crippen molar-refractivity contribution in [1.29, 1.82) is 0 Å². The molecule has 27 heavy (non-hydrogen) atoms. The Balaban J connectivity index is 0.00000261. The number of hydrogen-bond donors (Lipinski definition) is 2. The van der Waals surface area contributed by atoms with Crippen molar-refractivity contribution in [3.05, 3.63) is 35.4 Å². The zero-order valence-corrected chi connectivity index (χ0v) is 17.8. The van der Waals surface area contributed by atoms with E-state index in [4.69, 9.17) is 4.99 Å². The summed E-state index contributed by atoms with van der Waals surface area (Å²) in [6, 6.07) is 5.68. The molecule has 0 radical (unpaired) electrons. The molecule has 1 atom stereocenters. The molecule has 0 aromatic heterocycles. The molecule has 1 aliphatic carbocycles. The Labute approximate surface area is 175 Å². The molecule has 1 aromatic carbocycles. The Morgan fingerprint density at radius 1 is 1.37 bits per heavy atom. The van der Waals surface area contributed by atoms with Crippen molar-refractivity contribution in [1.82, 2.24) is 10.2 Å². The first-order valence-corrected chi connectivity index (χ1v) is 9.23. The van der Waals surface area contributed by atoms with Crippen LogP contribution in [0.3, 0.4) is 0 Å². The van der Waals surface area contributed by atoms with Crippen LogP contribution in [0.5, 0.6) is 0 Å². The second-order valence-corrected chi connectivity index (χ2v) is 7.27. The van der Waals surface area contributed by atoms with E-state index in [9.17, 15) is 18.3 Å². The minimum Gasteiger partial charge on any atom is -0.391 e. The average molecular weight is 497 g/mol. The Hall–Kier alpha value is -1.03. The fourth-order valence-electron chi connectivity index (χ4n) is 3.75. The predicted octanol–water partition coefficient (Wildman–Crippen LogP) is 3.78. The highest BCUT2D eigenvalue weighted by atomic mass is 127. The molecule has 1 saturated carbocycles. The summed E-state index contributed by atoms with van der Waals surface area (Å²) >= 11 is 0. The van der Waals surface area contributed by atoms with Gasteiger partial charge in [0, 0.05) is 25.0 Å². The fourth-order valence-corrected chi connectivity index (χ4v) is 3.75. The summed E-state index contributed by atoms with van der Waals surface area (Å²) in [5.41, 5.74) is -0.195. The van der Waals surface area contributed by atoms with Crippen LogP contribution in [0.2, 0.25) is 0 Å². The van der Waals surface area contributed by atoms with Gasteiger partial charge in [0.15, 0.2) is 5.96 Å². The van der Waals surface area contributed by atoms with Crippen LogP contribution in [-0.4, -0.2) is 48.2 Å². The van der Waals surface area contributed by atoms with Crippen LogP contribution in [-0.2, 0) is 11.6 Å². The van der Waals surface area contributed by atoms with Crippen LogP contribution in [0, 0.1) is 0 Å². The van der Waals surface area contributed by atoms with Gasteiger partial charge in [-0.2, -0.15) is 13.2 Å². The van der Waals surface area contributed by atoms with Gasteiger partial charge < -0.3 is 15.3 Å². The number of likely N-dealkylation sites (tertiary alicyclic amines) is 1. The van der Waals surface area contributed by atoms with Crippen LogP contribution in [0.4, 0.5) is 13.2 Å². The van der Waals surface area contributed by atoms with E-state index in [1.807, 2.05) is 11.8 Å². The number of halogens is 4. The minimum absolute atomic E-state index is 0. The van der Waals surface area contributed by atoms with Gasteiger partial charge in [0.1, 0.15) is 0 Å². The van der Waals surface area contributed by atoms with Gasteiger partial charge in [-0.25, -0.2) is 0 Å². The van der Waals surface area contributed by atoms with Gasteiger partial charge in [0.25, 0.3) is 0 Å². The molecule has 0 amide bonds. The third-order valence-electron chi connectivity index (χ3n) is 5.44. The van der Waals surface area contributed by atoms with Crippen molar-refractivity contribution in [3.8, 4) is 0 Å². The molecule has 2 fully saturated rings. The van der Waals surface area contributed by atoms with Gasteiger partial charge >= 0.3 is 6.18 Å². The highest BCUT2D eigenvalue weighted by Crippen LogP contribution is 2.45. The summed E-state index contributed by atoms with van der Waals surface area (Å²) in [5, 5.41) is 13.0. The smallest absolute Gasteiger partial charge is 0.391 e. The summed E-state index contributed by atoms with van der Waals surface area (Å²) in [7, 11) is 0. The predicted molar refractivity (Wildman–Crippen MR) is 111 cm³/mol.